The van der Waals surface area contributed by atoms with Crippen molar-refractivity contribution in [1.82, 2.24) is 20.0 Å². The molecule has 2 heterocycles. The van der Waals surface area contributed by atoms with Crippen LogP contribution in [0.3, 0.4) is 0 Å². The Kier molecular flexibility index (Phi) is 8.31. The van der Waals surface area contributed by atoms with Gasteiger partial charge in [0.15, 0.2) is 12.2 Å². The summed E-state index contributed by atoms with van der Waals surface area (Å²) in [6, 6.07) is 15.5. The summed E-state index contributed by atoms with van der Waals surface area (Å²) in [6.07, 6.45) is -0.610. The molecule has 36 heavy (non-hydrogen) atoms. The molecule has 10 heteroatoms. The Morgan fingerprint density at radius 1 is 1.11 bits per heavy atom. The second-order valence-electron chi connectivity index (χ2n) is 8.89. The molecular weight excluding hydrogens is 503 g/mol. The van der Waals surface area contributed by atoms with E-state index < -0.39 is 30.1 Å². The predicted octanol–water partition coefficient (Wildman–Crippen LogP) is 3.50. The highest BCUT2D eigenvalue weighted by Gasteiger charge is 2.38. The molecule has 8 nitrogen and oxygen atoms in total. The molecule has 3 N–H and O–H groups in total. The molecule has 2 amide bonds. The van der Waals surface area contributed by atoms with Crippen LogP contribution in [0.1, 0.15) is 48.7 Å². The lowest BCUT2D eigenvalue weighted by Gasteiger charge is -2.29. The molecule has 1 saturated heterocycles. The van der Waals surface area contributed by atoms with E-state index in [2.05, 4.69) is 10.4 Å². The normalized spacial score (nSPS) is 18.0. The van der Waals surface area contributed by atoms with Crippen LogP contribution < -0.4 is 5.32 Å². The second kappa shape index (κ2) is 11.4. The van der Waals surface area contributed by atoms with Gasteiger partial charge in [0.1, 0.15) is 0 Å². The Morgan fingerprint density at radius 2 is 1.89 bits per heavy atom. The highest BCUT2D eigenvalue weighted by atomic mass is 35.5. The molecule has 1 aliphatic rings. The monoisotopic (exact) mass is 530 g/mol. The molecule has 1 aromatic heterocycles. The molecule has 1 fully saturated rings. The van der Waals surface area contributed by atoms with Crippen LogP contribution in [0.4, 0.5) is 0 Å². The van der Waals surface area contributed by atoms with Gasteiger partial charge in [-0.3, -0.25) is 14.3 Å². The van der Waals surface area contributed by atoms with Gasteiger partial charge in [-0.25, -0.2) is 0 Å². The number of amides is 2. The maximum Gasteiger partial charge on any atom is 0.255 e. The Labute approximate surface area is 219 Å². The number of nitrogens with zero attached hydrogens (tertiary/aromatic N) is 3. The summed E-state index contributed by atoms with van der Waals surface area (Å²) in [6.45, 7) is 2.58. The van der Waals surface area contributed by atoms with E-state index in [1.54, 1.807) is 48.1 Å². The highest BCUT2D eigenvalue weighted by molar-refractivity contribution is 6.31. The number of hydrogen-bond donors (Lipinski definition) is 3. The summed E-state index contributed by atoms with van der Waals surface area (Å²) in [7, 11) is 0. The standard InChI is InChI=1S/C26H28Cl2N4O4/c1-16(21-11-13-31(30-21)15-18-6-2-3-9-20(18)28)29-25(35)23(33)24(34)26(36)32-12-5-10-22(32)17-7-4-8-19(27)14-17/h2-4,6-9,11,13-14,16,22-24,33-34H,5,10,12,15H2,1H3,(H,29,35)/t16-,22-,23-,24-/m1/s1. The van der Waals surface area contributed by atoms with Crippen LogP contribution in [-0.4, -0.2) is 55.5 Å². The summed E-state index contributed by atoms with van der Waals surface area (Å²) in [4.78, 5) is 27.2. The van der Waals surface area contributed by atoms with Crippen molar-refractivity contribution in [2.24, 2.45) is 0 Å². The molecule has 0 bridgehead atoms. The van der Waals surface area contributed by atoms with E-state index in [1.807, 2.05) is 24.3 Å². The van der Waals surface area contributed by atoms with Crippen molar-refractivity contribution in [2.45, 2.75) is 50.6 Å². The van der Waals surface area contributed by atoms with Crippen LogP contribution in [0, 0.1) is 0 Å². The minimum absolute atomic E-state index is 0.276. The smallest absolute Gasteiger partial charge is 0.255 e. The fourth-order valence-corrected chi connectivity index (χ4v) is 4.80. The van der Waals surface area contributed by atoms with Crippen LogP contribution in [0.25, 0.3) is 0 Å². The number of aliphatic hydroxyl groups is 2. The lowest BCUT2D eigenvalue weighted by Crippen LogP contribution is -2.51. The lowest BCUT2D eigenvalue weighted by molar-refractivity contribution is -0.154. The van der Waals surface area contributed by atoms with Crippen LogP contribution in [0.5, 0.6) is 0 Å². The van der Waals surface area contributed by atoms with Crippen molar-refractivity contribution in [2.75, 3.05) is 6.54 Å². The predicted molar refractivity (Wildman–Crippen MR) is 136 cm³/mol. The van der Waals surface area contributed by atoms with E-state index in [9.17, 15) is 19.8 Å². The molecule has 3 aromatic rings. The third-order valence-corrected chi connectivity index (χ3v) is 6.95. The largest absolute Gasteiger partial charge is 0.380 e. The molecule has 0 aliphatic carbocycles. The summed E-state index contributed by atoms with van der Waals surface area (Å²) in [5.41, 5.74) is 2.31. The van der Waals surface area contributed by atoms with E-state index in [-0.39, 0.29) is 6.04 Å². The Hall–Kier alpha value is -2.91. The molecule has 4 rings (SSSR count). The number of carbonyl (C=O) groups excluding carboxylic acids is 2. The number of rotatable bonds is 8. The average Bonchev–Trinajstić information content (AvgIpc) is 3.54. The van der Waals surface area contributed by atoms with E-state index in [4.69, 9.17) is 23.2 Å². The SMILES string of the molecule is C[C@@H](NC(=O)[C@H](O)[C@@H](O)C(=O)N1CCC[C@@H]1c1cccc(Cl)c1)c1ccn(Cc2ccccc2Cl)n1. The zero-order chi connectivity index (χ0) is 25.8. The first-order chi connectivity index (χ1) is 17.2. The molecule has 0 saturated carbocycles. The summed E-state index contributed by atoms with van der Waals surface area (Å²) < 4.78 is 1.69. The second-order valence-corrected chi connectivity index (χ2v) is 9.74. The third-order valence-electron chi connectivity index (χ3n) is 6.34. The number of halogens is 2. The lowest BCUT2D eigenvalue weighted by atomic mass is 10.0. The highest BCUT2D eigenvalue weighted by Crippen LogP contribution is 2.33. The molecule has 2 aromatic carbocycles. The zero-order valence-corrected chi connectivity index (χ0v) is 21.2. The van der Waals surface area contributed by atoms with E-state index in [0.717, 1.165) is 17.5 Å². The van der Waals surface area contributed by atoms with Gasteiger partial charge in [-0.15, -0.1) is 0 Å². The summed E-state index contributed by atoms with van der Waals surface area (Å²) >= 11 is 12.3. The maximum atomic E-state index is 13.0. The quantitative estimate of drug-likeness (QED) is 0.413. The van der Waals surface area contributed by atoms with Crippen molar-refractivity contribution in [3.63, 3.8) is 0 Å². The van der Waals surface area contributed by atoms with E-state index in [0.29, 0.717) is 35.2 Å². The first-order valence-corrected chi connectivity index (χ1v) is 12.5. The van der Waals surface area contributed by atoms with Crippen molar-refractivity contribution in [3.05, 3.63) is 87.7 Å². The van der Waals surface area contributed by atoms with Gasteiger partial charge in [-0.05, 0) is 55.2 Å². The first-order valence-electron chi connectivity index (χ1n) is 11.7. The minimum atomic E-state index is -1.93. The summed E-state index contributed by atoms with van der Waals surface area (Å²) in [5.74, 6) is -1.56. The van der Waals surface area contributed by atoms with Gasteiger partial charge in [0.25, 0.3) is 11.8 Å². The van der Waals surface area contributed by atoms with Crippen molar-refractivity contribution in [3.8, 4) is 0 Å². The molecule has 4 atom stereocenters. The summed E-state index contributed by atoms with van der Waals surface area (Å²) in [5, 5.41) is 29.3. The topological polar surface area (TPSA) is 108 Å². The van der Waals surface area contributed by atoms with Crippen LogP contribution >= 0.6 is 23.2 Å². The Balaban J connectivity index is 1.36. The van der Waals surface area contributed by atoms with Crippen molar-refractivity contribution < 1.29 is 19.8 Å². The fraction of sp³-hybridized carbons (Fsp3) is 0.346. The molecule has 0 spiro atoms. The molecule has 0 radical (unpaired) electrons. The van der Waals surface area contributed by atoms with Gasteiger partial charge in [0.2, 0.25) is 0 Å². The number of nitrogens with one attached hydrogen (secondary N) is 1. The van der Waals surface area contributed by atoms with Gasteiger partial charge in [0, 0.05) is 22.8 Å². The molecule has 1 aliphatic heterocycles. The van der Waals surface area contributed by atoms with Crippen LogP contribution in [0.15, 0.2) is 60.8 Å². The number of aliphatic hydroxyl groups excluding tert-OH is 2. The number of likely N-dealkylation sites (tertiary alicyclic amines) is 1. The molecular formula is C26H28Cl2N4O4. The first kappa shape index (κ1) is 26.2. The number of hydrogen-bond acceptors (Lipinski definition) is 5. The van der Waals surface area contributed by atoms with Gasteiger partial charge in [0.05, 0.1) is 24.3 Å². The van der Waals surface area contributed by atoms with Crippen LogP contribution in [-0.2, 0) is 16.1 Å². The van der Waals surface area contributed by atoms with E-state index in [1.165, 1.54) is 4.90 Å². The van der Waals surface area contributed by atoms with Crippen LogP contribution in [0.2, 0.25) is 10.0 Å². The molecule has 190 valence electrons. The zero-order valence-electron chi connectivity index (χ0n) is 19.7. The molecule has 0 unspecified atom stereocenters. The maximum absolute atomic E-state index is 13.0. The minimum Gasteiger partial charge on any atom is -0.380 e. The number of benzene rings is 2. The van der Waals surface area contributed by atoms with Crippen molar-refractivity contribution >= 4 is 35.0 Å². The van der Waals surface area contributed by atoms with Gasteiger partial charge >= 0.3 is 0 Å². The average molecular weight is 531 g/mol. The van der Waals surface area contributed by atoms with Gasteiger partial charge in [-0.2, -0.15) is 5.10 Å². The number of carbonyl (C=O) groups is 2. The number of aromatic nitrogens is 2. The van der Waals surface area contributed by atoms with Gasteiger partial charge in [-0.1, -0.05) is 53.5 Å². The van der Waals surface area contributed by atoms with Crippen molar-refractivity contribution in [1.29, 1.82) is 0 Å². The third kappa shape index (κ3) is 5.90. The van der Waals surface area contributed by atoms with Gasteiger partial charge < -0.3 is 20.4 Å². The van der Waals surface area contributed by atoms with E-state index >= 15 is 0 Å². The Morgan fingerprint density at radius 3 is 2.64 bits per heavy atom. The fourth-order valence-electron chi connectivity index (χ4n) is 4.41. The Bertz CT molecular complexity index is 1230.